The minimum Gasteiger partial charge on any atom is -0.494 e. The highest BCUT2D eigenvalue weighted by atomic mass is 32.2. The predicted octanol–water partition coefficient (Wildman–Crippen LogP) is 3.03. The number of rotatable bonds is 7. The van der Waals surface area contributed by atoms with Crippen LogP contribution >= 0.6 is 0 Å². The van der Waals surface area contributed by atoms with Gasteiger partial charge >= 0.3 is 0 Å². The van der Waals surface area contributed by atoms with E-state index in [0.717, 1.165) is 23.4 Å². The van der Waals surface area contributed by atoms with E-state index < -0.39 is 10.0 Å². The van der Waals surface area contributed by atoms with Gasteiger partial charge in [0.1, 0.15) is 5.75 Å². The summed E-state index contributed by atoms with van der Waals surface area (Å²) in [6.07, 6.45) is 1.38. The lowest BCUT2D eigenvalue weighted by atomic mass is 10.2. The Morgan fingerprint density at radius 2 is 1.89 bits per heavy atom. The number of carbonyl (C=O) groups is 1. The molecule has 0 N–H and O–H groups in total. The summed E-state index contributed by atoms with van der Waals surface area (Å²) >= 11 is 0. The van der Waals surface area contributed by atoms with Crippen molar-refractivity contribution in [1.82, 2.24) is 4.31 Å². The molecule has 0 radical (unpaired) electrons. The maximum Gasteiger partial charge on any atom is 0.243 e. The van der Waals surface area contributed by atoms with E-state index in [0.29, 0.717) is 19.6 Å². The van der Waals surface area contributed by atoms with Crippen molar-refractivity contribution in [3.05, 3.63) is 54.1 Å². The molecule has 144 valence electrons. The molecule has 27 heavy (non-hydrogen) atoms. The minimum absolute atomic E-state index is 0.0805. The second-order valence-corrected chi connectivity index (χ2v) is 8.53. The number of sulfonamides is 1. The molecule has 1 amide bonds. The Labute approximate surface area is 160 Å². The first-order valence-electron chi connectivity index (χ1n) is 9.00. The lowest BCUT2D eigenvalue weighted by Crippen LogP contribution is -2.27. The number of ether oxygens (including phenoxy) is 1. The Hall–Kier alpha value is -2.38. The molecule has 0 spiro atoms. The molecule has 0 aromatic heterocycles. The zero-order valence-electron chi connectivity index (χ0n) is 15.6. The molecule has 0 bridgehead atoms. The molecule has 2 aromatic rings. The van der Waals surface area contributed by atoms with Crippen LogP contribution in [0.4, 0.5) is 5.69 Å². The fourth-order valence-electron chi connectivity index (χ4n) is 3.14. The number of benzene rings is 2. The van der Waals surface area contributed by atoms with E-state index in [1.807, 2.05) is 31.2 Å². The SMILES string of the molecule is CCOc1cccc(CN(C)S(=O)(=O)c2ccc(N3CCCC3=O)cc2)c1. The van der Waals surface area contributed by atoms with Crippen molar-refractivity contribution in [3.8, 4) is 5.75 Å². The van der Waals surface area contributed by atoms with Gasteiger partial charge in [0.05, 0.1) is 11.5 Å². The summed E-state index contributed by atoms with van der Waals surface area (Å²) in [5, 5.41) is 0. The summed E-state index contributed by atoms with van der Waals surface area (Å²) in [7, 11) is -2.07. The molecule has 1 heterocycles. The smallest absolute Gasteiger partial charge is 0.243 e. The topological polar surface area (TPSA) is 66.9 Å². The van der Waals surface area contributed by atoms with E-state index in [-0.39, 0.29) is 17.3 Å². The van der Waals surface area contributed by atoms with Crippen molar-refractivity contribution in [2.75, 3.05) is 25.1 Å². The lowest BCUT2D eigenvalue weighted by molar-refractivity contribution is -0.117. The van der Waals surface area contributed by atoms with Crippen LogP contribution < -0.4 is 9.64 Å². The van der Waals surface area contributed by atoms with Gasteiger partial charge in [-0.1, -0.05) is 12.1 Å². The molecule has 3 rings (SSSR count). The molecule has 1 aliphatic heterocycles. The van der Waals surface area contributed by atoms with Crippen LogP contribution in [-0.2, 0) is 21.4 Å². The van der Waals surface area contributed by atoms with Gasteiger partial charge < -0.3 is 9.64 Å². The highest BCUT2D eigenvalue weighted by molar-refractivity contribution is 7.89. The van der Waals surface area contributed by atoms with Gasteiger partial charge in [0.15, 0.2) is 0 Å². The van der Waals surface area contributed by atoms with Gasteiger partial charge in [0, 0.05) is 32.2 Å². The monoisotopic (exact) mass is 388 g/mol. The van der Waals surface area contributed by atoms with Crippen molar-refractivity contribution in [2.45, 2.75) is 31.2 Å². The summed E-state index contributed by atoms with van der Waals surface area (Å²) < 4.78 is 32.5. The number of amides is 1. The van der Waals surface area contributed by atoms with Crippen molar-refractivity contribution in [3.63, 3.8) is 0 Å². The highest BCUT2D eigenvalue weighted by Gasteiger charge is 2.24. The molecular formula is C20H24N2O4S. The average Bonchev–Trinajstić information content (AvgIpc) is 3.08. The Kier molecular flexibility index (Phi) is 5.82. The average molecular weight is 388 g/mol. The number of carbonyl (C=O) groups excluding carboxylic acids is 1. The number of hydrogen-bond donors (Lipinski definition) is 0. The zero-order valence-corrected chi connectivity index (χ0v) is 16.4. The first kappa shape index (κ1) is 19.4. The molecule has 1 fully saturated rings. The molecule has 0 atom stereocenters. The fraction of sp³-hybridized carbons (Fsp3) is 0.350. The van der Waals surface area contributed by atoms with Gasteiger partial charge in [-0.05, 0) is 55.3 Å². The van der Waals surface area contributed by atoms with Crippen LogP contribution in [0.2, 0.25) is 0 Å². The maximum absolute atomic E-state index is 12.9. The van der Waals surface area contributed by atoms with E-state index in [1.54, 1.807) is 36.2 Å². The van der Waals surface area contributed by atoms with E-state index >= 15 is 0 Å². The summed E-state index contributed by atoms with van der Waals surface area (Å²) in [5.41, 5.74) is 1.59. The molecular weight excluding hydrogens is 364 g/mol. The van der Waals surface area contributed by atoms with Gasteiger partial charge in [0.25, 0.3) is 0 Å². The van der Waals surface area contributed by atoms with E-state index in [4.69, 9.17) is 4.74 Å². The van der Waals surface area contributed by atoms with Crippen molar-refractivity contribution in [2.24, 2.45) is 0 Å². The van der Waals surface area contributed by atoms with E-state index in [1.165, 1.54) is 4.31 Å². The second kappa shape index (κ2) is 8.10. The summed E-state index contributed by atoms with van der Waals surface area (Å²) in [6.45, 7) is 3.39. The van der Waals surface area contributed by atoms with Crippen molar-refractivity contribution in [1.29, 1.82) is 0 Å². The molecule has 7 heteroatoms. The third-order valence-electron chi connectivity index (χ3n) is 4.54. The number of hydrogen-bond acceptors (Lipinski definition) is 4. The summed E-state index contributed by atoms with van der Waals surface area (Å²) in [5.74, 6) is 0.803. The Morgan fingerprint density at radius 1 is 1.15 bits per heavy atom. The van der Waals surface area contributed by atoms with Crippen molar-refractivity contribution < 1.29 is 17.9 Å². The quantitative estimate of drug-likeness (QED) is 0.731. The van der Waals surface area contributed by atoms with Crippen LogP contribution in [0.3, 0.4) is 0 Å². The van der Waals surface area contributed by atoms with Gasteiger partial charge in [-0.2, -0.15) is 4.31 Å². The fourth-order valence-corrected chi connectivity index (χ4v) is 4.30. The maximum atomic E-state index is 12.9. The number of nitrogens with zero attached hydrogens (tertiary/aromatic N) is 2. The van der Waals surface area contributed by atoms with Crippen LogP contribution in [-0.4, -0.2) is 38.8 Å². The molecule has 0 saturated carbocycles. The van der Waals surface area contributed by atoms with Crippen LogP contribution in [0.25, 0.3) is 0 Å². The van der Waals surface area contributed by atoms with E-state index in [2.05, 4.69) is 0 Å². The predicted molar refractivity (Wildman–Crippen MR) is 104 cm³/mol. The van der Waals surface area contributed by atoms with E-state index in [9.17, 15) is 13.2 Å². The van der Waals surface area contributed by atoms with Crippen LogP contribution in [0.15, 0.2) is 53.4 Å². The lowest BCUT2D eigenvalue weighted by Gasteiger charge is -2.19. The van der Waals surface area contributed by atoms with Gasteiger partial charge in [-0.25, -0.2) is 8.42 Å². The third-order valence-corrected chi connectivity index (χ3v) is 6.36. The Bertz CT molecular complexity index is 910. The molecule has 1 aliphatic rings. The normalized spacial score (nSPS) is 14.8. The number of anilines is 1. The minimum atomic E-state index is -3.63. The third kappa shape index (κ3) is 4.31. The Morgan fingerprint density at radius 3 is 2.52 bits per heavy atom. The van der Waals surface area contributed by atoms with Crippen LogP contribution in [0.1, 0.15) is 25.3 Å². The standard InChI is InChI=1S/C20H24N2O4S/c1-3-26-18-7-4-6-16(14-18)15-21(2)27(24,25)19-11-9-17(10-12-19)22-13-5-8-20(22)23/h4,6-7,9-12,14H,3,5,8,13,15H2,1-2H3. The molecule has 6 nitrogen and oxygen atoms in total. The van der Waals surface area contributed by atoms with Gasteiger partial charge in [-0.15, -0.1) is 0 Å². The summed E-state index contributed by atoms with van der Waals surface area (Å²) in [6, 6.07) is 13.9. The second-order valence-electron chi connectivity index (χ2n) is 6.48. The highest BCUT2D eigenvalue weighted by Crippen LogP contribution is 2.25. The molecule has 2 aromatic carbocycles. The van der Waals surface area contributed by atoms with Crippen LogP contribution in [0.5, 0.6) is 5.75 Å². The zero-order chi connectivity index (χ0) is 19.4. The van der Waals surface area contributed by atoms with Crippen LogP contribution in [0, 0.1) is 0 Å². The first-order valence-corrected chi connectivity index (χ1v) is 10.4. The molecule has 0 aliphatic carbocycles. The first-order chi connectivity index (χ1) is 12.9. The Balaban J connectivity index is 1.75. The van der Waals surface area contributed by atoms with Gasteiger partial charge in [-0.3, -0.25) is 4.79 Å². The largest absolute Gasteiger partial charge is 0.494 e. The van der Waals surface area contributed by atoms with Crippen molar-refractivity contribution >= 4 is 21.6 Å². The molecule has 0 unspecified atom stereocenters. The van der Waals surface area contributed by atoms with Gasteiger partial charge in [0.2, 0.25) is 15.9 Å². The molecule has 1 saturated heterocycles. The summed E-state index contributed by atoms with van der Waals surface area (Å²) in [4.78, 5) is 13.7.